The molecule has 90 valence electrons. The molecule has 1 N–H and O–H groups in total. The lowest BCUT2D eigenvalue weighted by atomic mass is 10.2. The van der Waals surface area contributed by atoms with Gasteiger partial charge in [-0.1, -0.05) is 32.0 Å². The highest BCUT2D eigenvalue weighted by molar-refractivity contribution is 5.80. The maximum absolute atomic E-state index is 12.1. The second-order valence-corrected chi connectivity index (χ2v) is 4.37. The Kier molecular flexibility index (Phi) is 3.54. The summed E-state index contributed by atoms with van der Waals surface area (Å²) in [5, 5.41) is 9.06. The summed E-state index contributed by atoms with van der Waals surface area (Å²) in [7, 11) is 0. The van der Waals surface area contributed by atoms with E-state index < -0.39 is 0 Å². The molecular weight excluding hydrogens is 214 g/mol. The predicted octanol–water partition coefficient (Wildman–Crippen LogP) is 1.39. The zero-order chi connectivity index (χ0) is 12.3. The molecule has 1 aromatic heterocycles. The molecule has 0 atom stereocenters. The standard InChI is InChI=1S/C13H17N3O/c1-10(2)14-7-8-16-13(17)12-6-4-3-5-11(12)9-15-16/h3-6,9-10,14H,7-8H2,1-2H3. The van der Waals surface area contributed by atoms with Crippen LogP contribution in [0.25, 0.3) is 10.8 Å². The van der Waals surface area contributed by atoms with E-state index in [1.54, 1.807) is 6.20 Å². The van der Waals surface area contributed by atoms with Gasteiger partial charge in [0, 0.05) is 18.0 Å². The van der Waals surface area contributed by atoms with Crippen LogP contribution >= 0.6 is 0 Å². The van der Waals surface area contributed by atoms with E-state index in [1.165, 1.54) is 4.68 Å². The van der Waals surface area contributed by atoms with Crippen molar-refractivity contribution < 1.29 is 0 Å². The highest BCUT2D eigenvalue weighted by atomic mass is 16.1. The van der Waals surface area contributed by atoms with Crippen LogP contribution in [0.5, 0.6) is 0 Å². The van der Waals surface area contributed by atoms with E-state index in [-0.39, 0.29) is 5.56 Å². The summed E-state index contributed by atoms with van der Waals surface area (Å²) in [5.74, 6) is 0. The summed E-state index contributed by atoms with van der Waals surface area (Å²) in [6.45, 7) is 5.51. The number of hydrogen-bond acceptors (Lipinski definition) is 3. The Morgan fingerprint density at radius 2 is 2.12 bits per heavy atom. The van der Waals surface area contributed by atoms with Gasteiger partial charge in [-0.25, -0.2) is 4.68 Å². The highest BCUT2D eigenvalue weighted by Gasteiger charge is 2.02. The van der Waals surface area contributed by atoms with Gasteiger partial charge in [-0.3, -0.25) is 4.79 Å². The Morgan fingerprint density at radius 3 is 2.88 bits per heavy atom. The average Bonchev–Trinajstić information content (AvgIpc) is 2.32. The largest absolute Gasteiger partial charge is 0.313 e. The zero-order valence-electron chi connectivity index (χ0n) is 10.2. The Morgan fingerprint density at radius 1 is 1.35 bits per heavy atom. The van der Waals surface area contributed by atoms with E-state index in [0.29, 0.717) is 12.6 Å². The molecule has 4 nitrogen and oxygen atoms in total. The molecule has 17 heavy (non-hydrogen) atoms. The van der Waals surface area contributed by atoms with Crippen LogP contribution in [0.4, 0.5) is 0 Å². The maximum Gasteiger partial charge on any atom is 0.274 e. The van der Waals surface area contributed by atoms with Crippen LogP contribution in [0, 0.1) is 0 Å². The molecule has 0 saturated carbocycles. The fourth-order valence-electron chi connectivity index (χ4n) is 1.75. The summed E-state index contributed by atoms with van der Waals surface area (Å²) in [6, 6.07) is 7.95. The van der Waals surface area contributed by atoms with E-state index in [1.807, 2.05) is 24.3 Å². The van der Waals surface area contributed by atoms with Gasteiger partial charge >= 0.3 is 0 Å². The van der Waals surface area contributed by atoms with Gasteiger partial charge in [0.15, 0.2) is 0 Å². The third kappa shape index (κ3) is 2.71. The quantitative estimate of drug-likeness (QED) is 0.865. The third-order valence-corrected chi connectivity index (χ3v) is 2.64. The maximum atomic E-state index is 12.1. The van der Waals surface area contributed by atoms with Crippen LogP contribution in [0.15, 0.2) is 35.3 Å². The number of fused-ring (bicyclic) bond motifs is 1. The molecule has 0 aliphatic heterocycles. The molecule has 4 heteroatoms. The number of hydrogen-bond donors (Lipinski definition) is 1. The molecule has 0 saturated heterocycles. The lowest BCUT2D eigenvalue weighted by Gasteiger charge is -2.09. The topological polar surface area (TPSA) is 46.9 Å². The number of nitrogens with zero attached hydrogens (tertiary/aromatic N) is 2. The number of rotatable bonds is 4. The fourth-order valence-corrected chi connectivity index (χ4v) is 1.75. The molecule has 0 amide bonds. The van der Waals surface area contributed by atoms with Gasteiger partial charge < -0.3 is 5.32 Å². The van der Waals surface area contributed by atoms with Crippen LogP contribution in [0.2, 0.25) is 0 Å². The molecule has 0 radical (unpaired) electrons. The van der Waals surface area contributed by atoms with Crippen molar-refractivity contribution in [1.82, 2.24) is 15.1 Å². The number of nitrogens with one attached hydrogen (secondary N) is 1. The first kappa shape index (κ1) is 11.8. The summed E-state index contributed by atoms with van der Waals surface area (Å²) in [4.78, 5) is 12.1. The molecule has 1 aromatic carbocycles. The summed E-state index contributed by atoms with van der Waals surface area (Å²) in [6.07, 6.45) is 1.74. The van der Waals surface area contributed by atoms with Crippen LogP contribution in [-0.4, -0.2) is 22.4 Å². The molecule has 0 unspecified atom stereocenters. The van der Waals surface area contributed by atoms with Crippen LogP contribution < -0.4 is 10.9 Å². The van der Waals surface area contributed by atoms with Crippen molar-refractivity contribution in [1.29, 1.82) is 0 Å². The van der Waals surface area contributed by atoms with Gasteiger partial charge in [0.2, 0.25) is 0 Å². The molecule has 2 aromatic rings. The molecule has 0 aliphatic rings. The van der Waals surface area contributed by atoms with Gasteiger partial charge in [0.1, 0.15) is 0 Å². The Labute approximate surface area is 100 Å². The Hall–Kier alpha value is -1.68. The minimum absolute atomic E-state index is 0.0198. The number of benzene rings is 1. The summed E-state index contributed by atoms with van der Waals surface area (Å²) >= 11 is 0. The minimum atomic E-state index is -0.0198. The fraction of sp³-hybridized carbons (Fsp3) is 0.385. The van der Waals surface area contributed by atoms with Gasteiger partial charge in [-0.05, 0) is 6.07 Å². The van der Waals surface area contributed by atoms with Crippen molar-refractivity contribution >= 4 is 10.8 Å². The van der Waals surface area contributed by atoms with Gasteiger partial charge in [-0.2, -0.15) is 5.10 Å². The van der Waals surface area contributed by atoms with Gasteiger partial charge in [0.25, 0.3) is 5.56 Å². The average molecular weight is 231 g/mol. The normalized spacial score (nSPS) is 11.2. The second-order valence-electron chi connectivity index (χ2n) is 4.37. The first-order valence-corrected chi connectivity index (χ1v) is 5.87. The van der Waals surface area contributed by atoms with Crippen molar-refractivity contribution in [2.24, 2.45) is 0 Å². The van der Waals surface area contributed by atoms with Crippen molar-refractivity contribution in [3.63, 3.8) is 0 Å². The zero-order valence-corrected chi connectivity index (χ0v) is 10.2. The monoisotopic (exact) mass is 231 g/mol. The first-order chi connectivity index (χ1) is 8.18. The van der Waals surface area contributed by atoms with Crippen molar-refractivity contribution in [3.8, 4) is 0 Å². The van der Waals surface area contributed by atoms with Crippen molar-refractivity contribution in [3.05, 3.63) is 40.8 Å². The summed E-state index contributed by atoms with van der Waals surface area (Å²) in [5.41, 5.74) is -0.0198. The van der Waals surface area contributed by atoms with E-state index in [2.05, 4.69) is 24.3 Å². The van der Waals surface area contributed by atoms with Crippen LogP contribution in [0.1, 0.15) is 13.8 Å². The molecule has 0 aliphatic carbocycles. The van der Waals surface area contributed by atoms with Crippen molar-refractivity contribution in [2.75, 3.05) is 6.54 Å². The molecular formula is C13H17N3O. The van der Waals surface area contributed by atoms with Gasteiger partial charge in [-0.15, -0.1) is 0 Å². The van der Waals surface area contributed by atoms with E-state index in [4.69, 9.17) is 0 Å². The SMILES string of the molecule is CC(C)NCCn1ncc2ccccc2c1=O. The predicted molar refractivity (Wildman–Crippen MR) is 69.1 cm³/mol. The molecule has 0 spiro atoms. The first-order valence-electron chi connectivity index (χ1n) is 5.87. The summed E-state index contributed by atoms with van der Waals surface area (Å²) < 4.78 is 1.51. The smallest absolute Gasteiger partial charge is 0.274 e. The molecule has 0 bridgehead atoms. The van der Waals surface area contributed by atoms with Crippen molar-refractivity contribution in [2.45, 2.75) is 26.4 Å². The van der Waals surface area contributed by atoms with E-state index >= 15 is 0 Å². The number of aromatic nitrogens is 2. The molecule has 1 heterocycles. The van der Waals surface area contributed by atoms with E-state index in [9.17, 15) is 4.79 Å². The van der Waals surface area contributed by atoms with Crippen LogP contribution in [-0.2, 0) is 6.54 Å². The molecule has 2 rings (SSSR count). The van der Waals surface area contributed by atoms with E-state index in [0.717, 1.165) is 17.3 Å². The van der Waals surface area contributed by atoms with Gasteiger partial charge in [0.05, 0.1) is 18.1 Å². The highest BCUT2D eigenvalue weighted by Crippen LogP contribution is 2.05. The minimum Gasteiger partial charge on any atom is -0.313 e. The van der Waals surface area contributed by atoms with Crippen LogP contribution in [0.3, 0.4) is 0 Å². The Bertz CT molecular complexity index is 560. The lowest BCUT2D eigenvalue weighted by molar-refractivity contribution is 0.503. The Balaban J connectivity index is 2.24. The molecule has 0 fully saturated rings. The third-order valence-electron chi connectivity index (χ3n) is 2.64. The lowest BCUT2D eigenvalue weighted by Crippen LogP contribution is -2.31. The second kappa shape index (κ2) is 5.10.